The molecule has 2 rings (SSSR count). The summed E-state index contributed by atoms with van der Waals surface area (Å²) in [6, 6.07) is 1.84. The Hall–Kier alpha value is -1.66. The minimum Gasteiger partial charge on any atom is -0.460 e. The first kappa shape index (κ1) is 20.6. The van der Waals surface area contributed by atoms with Crippen molar-refractivity contribution >= 4 is 11.7 Å². The van der Waals surface area contributed by atoms with Gasteiger partial charge in [-0.25, -0.2) is 0 Å². The molecule has 1 aromatic heterocycles. The lowest BCUT2D eigenvalue weighted by molar-refractivity contribution is -0.190. The minimum atomic E-state index is -0.748. The first-order valence-corrected chi connectivity index (χ1v) is 9.13. The zero-order valence-electron chi connectivity index (χ0n) is 16.7. The van der Waals surface area contributed by atoms with E-state index in [0.717, 1.165) is 5.56 Å². The zero-order chi connectivity index (χ0) is 19.7. The van der Waals surface area contributed by atoms with Gasteiger partial charge in [0, 0.05) is 17.7 Å². The molecule has 3 N–H and O–H groups in total. The third-order valence-electron chi connectivity index (χ3n) is 4.56. The summed E-state index contributed by atoms with van der Waals surface area (Å²) < 4.78 is 11.7. The van der Waals surface area contributed by atoms with E-state index in [1.807, 2.05) is 47.6 Å². The summed E-state index contributed by atoms with van der Waals surface area (Å²) >= 11 is 0. The molecule has 0 spiro atoms. The van der Waals surface area contributed by atoms with Crippen molar-refractivity contribution in [1.82, 2.24) is 4.98 Å². The summed E-state index contributed by atoms with van der Waals surface area (Å²) in [5, 5.41) is 10.9. The van der Waals surface area contributed by atoms with Crippen LogP contribution in [0.3, 0.4) is 0 Å². The average Bonchev–Trinajstić information content (AvgIpc) is 2.47. The summed E-state index contributed by atoms with van der Waals surface area (Å²) in [6.07, 6.45) is 2.46. The largest absolute Gasteiger partial charge is 0.460 e. The number of esters is 1. The predicted octanol–water partition coefficient (Wildman–Crippen LogP) is 3.25. The molecule has 0 aliphatic carbocycles. The van der Waals surface area contributed by atoms with Crippen molar-refractivity contribution in [2.45, 2.75) is 78.3 Å². The number of ether oxygens (including phenoxy) is 2. The lowest BCUT2D eigenvalue weighted by Crippen LogP contribution is -2.49. The molecule has 0 radical (unpaired) electrons. The van der Waals surface area contributed by atoms with Crippen LogP contribution in [0, 0.1) is 11.3 Å². The second-order valence-corrected chi connectivity index (χ2v) is 9.19. The van der Waals surface area contributed by atoms with Gasteiger partial charge in [-0.15, -0.1) is 0 Å². The van der Waals surface area contributed by atoms with Gasteiger partial charge in [0.2, 0.25) is 0 Å². The van der Waals surface area contributed by atoms with Crippen LogP contribution in [0.4, 0.5) is 5.69 Å². The highest BCUT2D eigenvalue weighted by molar-refractivity contribution is 5.70. The number of anilines is 1. The van der Waals surface area contributed by atoms with E-state index in [9.17, 15) is 9.90 Å². The second kappa shape index (κ2) is 7.53. The van der Waals surface area contributed by atoms with Crippen molar-refractivity contribution in [1.29, 1.82) is 0 Å². The highest BCUT2D eigenvalue weighted by Crippen LogP contribution is 2.43. The summed E-state index contributed by atoms with van der Waals surface area (Å²) in [4.78, 5) is 16.4. The standard InChI is InChI=1S/C20H32N2O4/c1-19(2,3)18-17(24)12(10-16(23)26-20(4,5)6)9-15(25-18)13-7-8-22-11-14(13)21/h7-8,11-12,15,17-18,24H,9-10,21H2,1-6H3/t12-,15+,17-,18-/m1/s1. The number of carbonyl (C=O) groups excluding carboxylic acids is 1. The highest BCUT2D eigenvalue weighted by Gasteiger charge is 2.45. The molecule has 0 bridgehead atoms. The van der Waals surface area contributed by atoms with Crippen LogP contribution in [-0.4, -0.2) is 33.9 Å². The number of nitrogens with two attached hydrogens (primary N) is 1. The summed E-state index contributed by atoms with van der Waals surface area (Å²) in [6.45, 7) is 11.6. The van der Waals surface area contributed by atoms with Crippen LogP contribution >= 0.6 is 0 Å². The van der Waals surface area contributed by atoms with Crippen LogP contribution in [0.15, 0.2) is 18.5 Å². The van der Waals surface area contributed by atoms with E-state index in [1.54, 1.807) is 12.4 Å². The number of hydrogen-bond acceptors (Lipinski definition) is 6. The molecule has 0 unspecified atom stereocenters. The Balaban J connectivity index is 2.25. The van der Waals surface area contributed by atoms with Crippen molar-refractivity contribution in [3.05, 3.63) is 24.0 Å². The van der Waals surface area contributed by atoms with Gasteiger partial charge in [0.1, 0.15) is 5.60 Å². The van der Waals surface area contributed by atoms with Crippen LogP contribution in [-0.2, 0) is 14.3 Å². The van der Waals surface area contributed by atoms with Gasteiger partial charge in [-0.2, -0.15) is 0 Å². The van der Waals surface area contributed by atoms with Crippen molar-refractivity contribution in [3.63, 3.8) is 0 Å². The second-order valence-electron chi connectivity index (χ2n) is 9.19. The quantitative estimate of drug-likeness (QED) is 0.800. The average molecular weight is 364 g/mol. The third-order valence-corrected chi connectivity index (χ3v) is 4.56. The maximum Gasteiger partial charge on any atom is 0.306 e. The molecule has 4 atom stereocenters. The molecule has 6 nitrogen and oxygen atoms in total. The van der Waals surface area contributed by atoms with Crippen molar-refractivity contribution in [2.24, 2.45) is 11.3 Å². The van der Waals surface area contributed by atoms with Gasteiger partial charge in [-0.3, -0.25) is 9.78 Å². The normalized spacial score (nSPS) is 27.2. The molecule has 1 saturated heterocycles. The fourth-order valence-corrected chi connectivity index (χ4v) is 3.40. The molecule has 1 aromatic rings. The Kier molecular flexibility index (Phi) is 5.98. The van der Waals surface area contributed by atoms with Crippen LogP contribution in [0.2, 0.25) is 0 Å². The molecule has 146 valence electrons. The van der Waals surface area contributed by atoms with E-state index in [4.69, 9.17) is 15.2 Å². The lowest BCUT2D eigenvalue weighted by Gasteiger charge is -2.45. The van der Waals surface area contributed by atoms with Crippen LogP contribution < -0.4 is 5.73 Å². The number of pyridine rings is 1. The number of nitrogens with zero attached hydrogens (tertiary/aromatic N) is 1. The molecule has 0 amide bonds. The van der Waals surface area contributed by atoms with Gasteiger partial charge in [-0.05, 0) is 38.7 Å². The van der Waals surface area contributed by atoms with Gasteiger partial charge < -0.3 is 20.3 Å². The van der Waals surface area contributed by atoms with Crippen molar-refractivity contribution in [2.75, 3.05) is 5.73 Å². The Labute approximate surface area is 156 Å². The van der Waals surface area contributed by atoms with Gasteiger partial charge in [0.25, 0.3) is 0 Å². The number of carbonyl (C=O) groups is 1. The molecule has 1 aliphatic rings. The fourth-order valence-electron chi connectivity index (χ4n) is 3.40. The topological polar surface area (TPSA) is 94.7 Å². The first-order valence-electron chi connectivity index (χ1n) is 9.13. The molecular weight excluding hydrogens is 332 g/mol. The van der Waals surface area contributed by atoms with Gasteiger partial charge in [-0.1, -0.05) is 20.8 Å². The summed E-state index contributed by atoms with van der Waals surface area (Å²) in [5.74, 6) is -0.571. The molecular formula is C20H32N2O4. The molecule has 2 heterocycles. The van der Waals surface area contributed by atoms with E-state index >= 15 is 0 Å². The van der Waals surface area contributed by atoms with Crippen molar-refractivity contribution < 1.29 is 19.4 Å². The van der Waals surface area contributed by atoms with E-state index in [2.05, 4.69) is 4.98 Å². The number of hydrogen-bond donors (Lipinski definition) is 2. The maximum absolute atomic E-state index is 12.3. The monoisotopic (exact) mass is 364 g/mol. The zero-order valence-corrected chi connectivity index (χ0v) is 16.7. The number of rotatable bonds is 3. The molecule has 26 heavy (non-hydrogen) atoms. The van der Waals surface area contributed by atoms with Crippen LogP contribution in [0.1, 0.15) is 66.1 Å². The lowest BCUT2D eigenvalue weighted by atomic mass is 9.75. The van der Waals surface area contributed by atoms with Gasteiger partial charge in [0.05, 0.1) is 36.6 Å². The molecule has 6 heteroatoms. The Morgan fingerprint density at radius 1 is 1.35 bits per heavy atom. The maximum atomic E-state index is 12.3. The SMILES string of the molecule is CC(C)(C)OC(=O)C[C@H]1C[C@@H](c2ccncc2N)O[C@@H](C(C)(C)C)[C@@H]1O. The molecule has 1 fully saturated rings. The van der Waals surface area contributed by atoms with Gasteiger partial charge in [0.15, 0.2) is 0 Å². The minimum absolute atomic E-state index is 0.149. The number of nitrogen functional groups attached to an aromatic ring is 1. The predicted molar refractivity (Wildman–Crippen MR) is 100 cm³/mol. The van der Waals surface area contributed by atoms with Crippen LogP contribution in [0.5, 0.6) is 0 Å². The number of aliphatic hydroxyl groups is 1. The third kappa shape index (κ3) is 5.17. The Bertz CT molecular complexity index is 633. The molecule has 0 aromatic carbocycles. The van der Waals surface area contributed by atoms with E-state index in [1.165, 1.54) is 0 Å². The number of aromatic nitrogens is 1. The van der Waals surface area contributed by atoms with Gasteiger partial charge >= 0.3 is 5.97 Å². The summed E-state index contributed by atoms with van der Waals surface area (Å²) in [7, 11) is 0. The van der Waals surface area contributed by atoms with E-state index in [-0.39, 0.29) is 29.8 Å². The first-order chi connectivity index (χ1) is 11.9. The Morgan fingerprint density at radius 2 is 2.00 bits per heavy atom. The van der Waals surface area contributed by atoms with Crippen molar-refractivity contribution in [3.8, 4) is 0 Å². The Morgan fingerprint density at radius 3 is 2.54 bits per heavy atom. The van der Waals surface area contributed by atoms with E-state index in [0.29, 0.717) is 12.1 Å². The summed E-state index contributed by atoms with van der Waals surface area (Å²) in [5.41, 5.74) is 6.63. The van der Waals surface area contributed by atoms with Crippen LogP contribution in [0.25, 0.3) is 0 Å². The van der Waals surface area contributed by atoms with E-state index < -0.39 is 17.8 Å². The molecule has 0 saturated carbocycles. The smallest absolute Gasteiger partial charge is 0.306 e. The highest BCUT2D eigenvalue weighted by atomic mass is 16.6. The fraction of sp³-hybridized carbons (Fsp3) is 0.700. The number of aliphatic hydroxyl groups excluding tert-OH is 1. The molecule has 1 aliphatic heterocycles.